The molecule has 26 heavy (non-hydrogen) atoms. The molecule has 0 aromatic heterocycles. The number of amides is 2. The maximum absolute atomic E-state index is 12.7. The Bertz CT molecular complexity index is 689. The topological polar surface area (TPSA) is 67.9 Å². The lowest BCUT2D eigenvalue weighted by Gasteiger charge is -2.37. The summed E-state index contributed by atoms with van der Waals surface area (Å²) in [4.78, 5) is 27.1. The number of aryl methyl sites for hydroxylation is 1. The van der Waals surface area contributed by atoms with Gasteiger partial charge in [0.05, 0.1) is 25.0 Å². The molecule has 3 fully saturated rings. The molecule has 2 atom stereocenters. The Labute approximate surface area is 153 Å². The molecule has 6 nitrogen and oxygen atoms in total. The van der Waals surface area contributed by atoms with Crippen molar-refractivity contribution in [2.75, 3.05) is 31.6 Å². The number of carbonyl (C=O) groups is 2. The Kier molecular flexibility index (Phi) is 4.71. The van der Waals surface area contributed by atoms with Gasteiger partial charge < -0.3 is 19.7 Å². The highest BCUT2D eigenvalue weighted by atomic mass is 16.7. The van der Waals surface area contributed by atoms with E-state index in [1.807, 2.05) is 29.2 Å². The van der Waals surface area contributed by atoms with Crippen molar-refractivity contribution in [2.45, 2.75) is 38.4 Å². The second-order valence-electron chi connectivity index (χ2n) is 7.38. The molecule has 0 bridgehead atoms. The van der Waals surface area contributed by atoms with Crippen molar-refractivity contribution in [1.82, 2.24) is 4.90 Å². The standard InChI is InChI=1S/C20H26N2O4/c1-2-14-5-3-4-6-17(14)21-18(23)15-13-16(15)19(24)22-9-7-20(8-10-22)25-11-12-26-20/h3-6,15-16H,2,7-13H2,1H3,(H,21,23). The third kappa shape index (κ3) is 3.35. The third-order valence-corrected chi connectivity index (χ3v) is 5.75. The molecule has 2 heterocycles. The van der Waals surface area contributed by atoms with E-state index in [0.717, 1.165) is 17.7 Å². The van der Waals surface area contributed by atoms with E-state index in [1.54, 1.807) is 0 Å². The van der Waals surface area contributed by atoms with Gasteiger partial charge in [-0.15, -0.1) is 0 Å². The van der Waals surface area contributed by atoms with E-state index in [9.17, 15) is 9.59 Å². The van der Waals surface area contributed by atoms with Gasteiger partial charge in [-0.25, -0.2) is 0 Å². The number of rotatable bonds is 4. The van der Waals surface area contributed by atoms with E-state index >= 15 is 0 Å². The second kappa shape index (κ2) is 7.00. The normalized spacial score (nSPS) is 26.7. The van der Waals surface area contributed by atoms with Gasteiger partial charge in [-0.05, 0) is 24.5 Å². The highest BCUT2D eigenvalue weighted by molar-refractivity contribution is 5.99. The van der Waals surface area contributed by atoms with Gasteiger partial charge in [-0.2, -0.15) is 0 Å². The minimum absolute atomic E-state index is 0.0415. The summed E-state index contributed by atoms with van der Waals surface area (Å²) in [6.07, 6.45) is 2.94. The van der Waals surface area contributed by atoms with Crippen LogP contribution in [0.15, 0.2) is 24.3 Å². The summed E-state index contributed by atoms with van der Waals surface area (Å²) in [6, 6.07) is 7.82. The molecule has 1 saturated carbocycles. The Hall–Kier alpha value is -1.92. The van der Waals surface area contributed by atoms with E-state index in [2.05, 4.69) is 12.2 Å². The van der Waals surface area contributed by atoms with Crippen molar-refractivity contribution in [3.63, 3.8) is 0 Å². The van der Waals surface area contributed by atoms with Crippen LogP contribution in [0.1, 0.15) is 31.7 Å². The minimum atomic E-state index is -0.471. The minimum Gasteiger partial charge on any atom is -0.347 e. The molecule has 2 unspecified atom stereocenters. The second-order valence-corrected chi connectivity index (χ2v) is 7.38. The molecule has 1 aromatic rings. The zero-order valence-electron chi connectivity index (χ0n) is 15.2. The maximum Gasteiger partial charge on any atom is 0.228 e. The fraction of sp³-hybridized carbons (Fsp3) is 0.600. The fourth-order valence-corrected chi connectivity index (χ4v) is 4.02. The molecule has 6 heteroatoms. The van der Waals surface area contributed by atoms with Crippen molar-refractivity contribution in [3.05, 3.63) is 29.8 Å². The van der Waals surface area contributed by atoms with Crippen LogP contribution in [0.2, 0.25) is 0 Å². The van der Waals surface area contributed by atoms with Crippen LogP contribution in [-0.4, -0.2) is 48.8 Å². The number of carbonyl (C=O) groups excluding carboxylic acids is 2. The highest BCUT2D eigenvalue weighted by Gasteiger charge is 2.51. The van der Waals surface area contributed by atoms with E-state index in [-0.39, 0.29) is 23.7 Å². The molecule has 2 amide bonds. The number of nitrogens with one attached hydrogen (secondary N) is 1. The van der Waals surface area contributed by atoms with Gasteiger partial charge in [-0.3, -0.25) is 9.59 Å². The van der Waals surface area contributed by atoms with E-state index < -0.39 is 5.79 Å². The molecule has 1 spiro atoms. The first-order chi connectivity index (χ1) is 12.6. The van der Waals surface area contributed by atoms with Crippen LogP contribution >= 0.6 is 0 Å². The monoisotopic (exact) mass is 358 g/mol. The fourth-order valence-electron chi connectivity index (χ4n) is 4.02. The molecule has 1 aromatic carbocycles. The average molecular weight is 358 g/mol. The van der Waals surface area contributed by atoms with Gasteiger partial charge in [0.1, 0.15) is 0 Å². The van der Waals surface area contributed by atoms with E-state index in [4.69, 9.17) is 9.47 Å². The Morgan fingerprint density at radius 1 is 1.15 bits per heavy atom. The zero-order chi connectivity index (χ0) is 18.1. The van der Waals surface area contributed by atoms with E-state index in [1.165, 1.54) is 0 Å². The average Bonchev–Trinajstić information content (AvgIpc) is 3.36. The Morgan fingerprint density at radius 2 is 1.85 bits per heavy atom. The predicted octanol–water partition coefficient (Wildman–Crippen LogP) is 2.19. The molecule has 2 aliphatic heterocycles. The quantitative estimate of drug-likeness (QED) is 0.896. The summed E-state index contributed by atoms with van der Waals surface area (Å²) in [7, 11) is 0. The third-order valence-electron chi connectivity index (χ3n) is 5.75. The predicted molar refractivity (Wildman–Crippen MR) is 96.5 cm³/mol. The van der Waals surface area contributed by atoms with Crippen molar-refractivity contribution < 1.29 is 19.1 Å². The first-order valence-electron chi connectivity index (χ1n) is 9.57. The van der Waals surface area contributed by atoms with Crippen molar-refractivity contribution >= 4 is 17.5 Å². The van der Waals surface area contributed by atoms with Crippen molar-refractivity contribution in [2.24, 2.45) is 11.8 Å². The highest BCUT2D eigenvalue weighted by Crippen LogP contribution is 2.42. The number of para-hydroxylation sites is 1. The number of hydrogen-bond donors (Lipinski definition) is 1. The number of nitrogens with zero attached hydrogens (tertiary/aromatic N) is 1. The Morgan fingerprint density at radius 3 is 2.54 bits per heavy atom. The SMILES string of the molecule is CCc1ccccc1NC(=O)C1CC1C(=O)N1CCC2(CC1)OCCO2. The van der Waals surface area contributed by atoms with Crippen LogP contribution < -0.4 is 5.32 Å². The van der Waals surface area contributed by atoms with Gasteiger partial charge in [0.25, 0.3) is 0 Å². The summed E-state index contributed by atoms with van der Waals surface area (Å²) in [6.45, 7) is 4.62. The lowest BCUT2D eigenvalue weighted by atomic mass is 10.0. The van der Waals surface area contributed by atoms with Crippen molar-refractivity contribution in [3.8, 4) is 0 Å². The van der Waals surface area contributed by atoms with Gasteiger partial charge >= 0.3 is 0 Å². The van der Waals surface area contributed by atoms with Crippen LogP contribution in [0.25, 0.3) is 0 Å². The van der Waals surface area contributed by atoms with Crippen LogP contribution in [-0.2, 0) is 25.5 Å². The van der Waals surface area contributed by atoms with Crippen LogP contribution in [0, 0.1) is 11.8 Å². The lowest BCUT2D eigenvalue weighted by Crippen LogP contribution is -2.48. The van der Waals surface area contributed by atoms with Crippen LogP contribution in [0.3, 0.4) is 0 Å². The van der Waals surface area contributed by atoms with Gasteiger partial charge in [0.15, 0.2) is 5.79 Å². The number of benzene rings is 1. The number of hydrogen-bond acceptors (Lipinski definition) is 4. The number of likely N-dealkylation sites (tertiary alicyclic amines) is 1. The summed E-state index contributed by atoms with van der Waals surface area (Å²) in [5.41, 5.74) is 1.97. The number of anilines is 1. The molecule has 1 N–H and O–H groups in total. The van der Waals surface area contributed by atoms with Crippen molar-refractivity contribution in [1.29, 1.82) is 0 Å². The molecule has 4 rings (SSSR count). The van der Waals surface area contributed by atoms with Gasteiger partial charge in [-0.1, -0.05) is 25.1 Å². The first kappa shape index (κ1) is 17.5. The molecule has 3 aliphatic rings. The molecular weight excluding hydrogens is 332 g/mol. The molecule has 0 radical (unpaired) electrons. The van der Waals surface area contributed by atoms with Crippen LogP contribution in [0.5, 0.6) is 0 Å². The summed E-state index contributed by atoms with van der Waals surface area (Å²) in [5.74, 6) is -0.798. The number of piperidine rings is 1. The Balaban J connectivity index is 1.30. The lowest BCUT2D eigenvalue weighted by molar-refractivity contribution is -0.187. The van der Waals surface area contributed by atoms with Gasteiger partial charge in [0, 0.05) is 31.6 Å². The molecule has 1 aliphatic carbocycles. The summed E-state index contributed by atoms with van der Waals surface area (Å²) in [5, 5.41) is 3.00. The smallest absolute Gasteiger partial charge is 0.228 e. The van der Waals surface area contributed by atoms with Gasteiger partial charge in [0.2, 0.25) is 11.8 Å². The molecular formula is C20H26N2O4. The van der Waals surface area contributed by atoms with Crippen LogP contribution in [0.4, 0.5) is 5.69 Å². The summed E-state index contributed by atoms with van der Waals surface area (Å²) < 4.78 is 11.4. The largest absolute Gasteiger partial charge is 0.347 e. The zero-order valence-corrected chi connectivity index (χ0v) is 15.2. The molecule has 2 saturated heterocycles. The first-order valence-corrected chi connectivity index (χ1v) is 9.57. The number of ether oxygens (including phenoxy) is 2. The maximum atomic E-state index is 12.7. The summed E-state index contributed by atoms with van der Waals surface area (Å²) >= 11 is 0. The van der Waals surface area contributed by atoms with E-state index in [0.29, 0.717) is 45.6 Å². The molecule has 140 valence electrons.